The molecule has 0 bridgehead atoms. The zero-order valence-electron chi connectivity index (χ0n) is 10.9. The summed E-state index contributed by atoms with van der Waals surface area (Å²) in [7, 11) is 0. The van der Waals surface area contributed by atoms with Gasteiger partial charge in [-0.1, -0.05) is 0 Å². The predicted molar refractivity (Wildman–Crippen MR) is 66.8 cm³/mol. The summed E-state index contributed by atoms with van der Waals surface area (Å²) in [5.41, 5.74) is -2.01. The molecule has 1 aliphatic rings. The van der Waals surface area contributed by atoms with Crippen LogP contribution >= 0.6 is 0 Å². The third kappa shape index (κ3) is 2.94. The maximum absolute atomic E-state index is 13.6. The minimum absolute atomic E-state index is 0.0740. The van der Waals surface area contributed by atoms with Crippen molar-refractivity contribution >= 4 is 5.91 Å². The van der Waals surface area contributed by atoms with Gasteiger partial charge < -0.3 is 10.4 Å². The number of halogens is 2. The molecule has 2 N–H and O–H groups in total. The van der Waals surface area contributed by atoms with Gasteiger partial charge in [0.25, 0.3) is 5.91 Å². The van der Waals surface area contributed by atoms with E-state index in [9.17, 15) is 18.7 Å². The van der Waals surface area contributed by atoms with Crippen LogP contribution in [0.15, 0.2) is 12.1 Å². The summed E-state index contributed by atoms with van der Waals surface area (Å²) in [4.78, 5) is 11.8. The lowest BCUT2D eigenvalue weighted by molar-refractivity contribution is 0.0352. The van der Waals surface area contributed by atoms with Gasteiger partial charge in [0.2, 0.25) is 0 Å². The number of nitriles is 1. The van der Waals surface area contributed by atoms with E-state index in [1.165, 1.54) is 0 Å². The molecule has 1 atom stereocenters. The third-order valence-corrected chi connectivity index (χ3v) is 3.46. The minimum atomic E-state index is -1.09. The lowest BCUT2D eigenvalue weighted by Crippen LogP contribution is -2.42. The van der Waals surface area contributed by atoms with Crippen molar-refractivity contribution in [2.24, 2.45) is 5.92 Å². The molecule has 1 saturated carbocycles. The quantitative estimate of drug-likeness (QED) is 0.882. The Morgan fingerprint density at radius 1 is 1.50 bits per heavy atom. The number of hydrogen-bond acceptors (Lipinski definition) is 3. The van der Waals surface area contributed by atoms with E-state index in [4.69, 9.17) is 5.26 Å². The van der Waals surface area contributed by atoms with Crippen LogP contribution in [-0.2, 0) is 0 Å². The van der Waals surface area contributed by atoms with E-state index in [1.54, 1.807) is 13.0 Å². The van der Waals surface area contributed by atoms with Crippen molar-refractivity contribution in [3.63, 3.8) is 0 Å². The molecular weight excluding hydrogens is 266 g/mol. The van der Waals surface area contributed by atoms with Gasteiger partial charge in [-0.05, 0) is 37.8 Å². The van der Waals surface area contributed by atoms with Crippen molar-refractivity contribution < 1.29 is 18.7 Å². The molecule has 0 radical (unpaired) electrons. The number of hydrogen-bond donors (Lipinski definition) is 2. The SMILES string of the molecule is CC(O)(CNC(=O)c1c(F)cc(C#N)cc1F)C1CC1. The highest BCUT2D eigenvalue weighted by Gasteiger charge is 2.40. The van der Waals surface area contributed by atoms with Gasteiger partial charge in [0.1, 0.15) is 17.2 Å². The van der Waals surface area contributed by atoms with Crippen molar-refractivity contribution in [2.45, 2.75) is 25.4 Å². The lowest BCUT2D eigenvalue weighted by atomic mass is 10.0. The van der Waals surface area contributed by atoms with E-state index in [1.807, 2.05) is 0 Å². The Kier molecular flexibility index (Phi) is 3.73. The van der Waals surface area contributed by atoms with E-state index in [0.29, 0.717) is 0 Å². The summed E-state index contributed by atoms with van der Waals surface area (Å²) in [5.74, 6) is -3.01. The molecule has 1 aromatic rings. The number of carbonyl (C=O) groups excluding carboxylic acids is 1. The van der Waals surface area contributed by atoms with E-state index in [2.05, 4.69) is 5.32 Å². The molecule has 0 spiro atoms. The van der Waals surface area contributed by atoms with Gasteiger partial charge >= 0.3 is 0 Å². The molecule has 2 rings (SSSR count). The number of rotatable bonds is 4. The fourth-order valence-electron chi connectivity index (χ4n) is 2.05. The molecule has 1 amide bonds. The highest BCUT2D eigenvalue weighted by molar-refractivity contribution is 5.94. The second-order valence-electron chi connectivity index (χ2n) is 5.24. The topological polar surface area (TPSA) is 73.1 Å². The molecule has 6 heteroatoms. The largest absolute Gasteiger partial charge is 0.388 e. The number of aliphatic hydroxyl groups is 1. The van der Waals surface area contributed by atoms with Crippen LogP contribution in [0.2, 0.25) is 0 Å². The monoisotopic (exact) mass is 280 g/mol. The van der Waals surface area contributed by atoms with Crippen LogP contribution < -0.4 is 5.32 Å². The molecule has 0 saturated heterocycles. The van der Waals surface area contributed by atoms with Gasteiger partial charge in [-0.25, -0.2) is 8.78 Å². The molecular formula is C14H14F2N2O2. The van der Waals surface area contributed by atoms with Gasteiger partial charge in [0.05, 0.1) is 17.2 Å². The fourth-order valence-corrected chi connectivity index (χ4v) is 2.05. The standard InChI is InChI=1S/C14H14F2N2O2/c1-14(20,9-2-3-9)7-18-13(19)12-10(15)4-8(6-17)5-11(12)16/h4-5,9,20H,2-3,7H2,1H3,(H,18,19). The maximum atomic E-state index is 13.6. The number of nitrogens with zero attached hydrogens (tertiary/aromatic N) is 1. The number of amides is 1. The molecule has 1 aliphatic carbocycles. The van der Waals surface area contributed by atoms with Crippen LogP contribution in [0.4, 0.5) is 8.78 Å². The molecule has 1 unspecified atom stereocenters. The van der Waals surface area contributed by atoms with Gasteiger partial charge in [0.15, 0.2) is 0 Å². The first-order valence-electron chi connectivity index (χ1n) is 6.25. The van der Waals surface area contributed by atoms with Crippen molar-refractivity contribution in [3.8, 4) is 6.07 Å². The van der Waals surface area contributed by atoms with Crippen molar-refractivity contribution in [3.05, 3.63) is 34.9 Å². The Morgan fingerprint density at radius 3 is 2.50 bits per heavy atom. The first-order chi connectivity index (χ1) is 9.35. The number of carbonyl (C=O) groups is 1. The average Bonchev–Trinajstić information content (AvgIpc) is 3.20. The fraction of sp³-hybridized carbons (Fsp3) is 0.429. The Labute approximate surface area is 115 Å². The maximum Gasteiger partial charge on any atom is 0.257 e. The minimum Gasteiger partial charge on any atom is -0.388 e. The van der Waals surface area contributed by atoms with E-state index in [-0.39, 0.29) is 18.0 Å². The van der Waals surface area contributed by atoms with E-state index < -0.39 is 28.7 Å². The Morgan fingerprint density at radius 2 is 2.05 bits per heavy atom. The third-order valence-electron chi connectivity index (χ3n) is 3.46. The van der Waals surface area contributed by atoms with Gasteiger partial charge in [-0.2, -0.15) is 5.26 Å². The second-order valence-corrected chi connectivity index (χ2v) is 5.24. The van der Waals surface area contributed by atoms with Crippen molar-refractivity contribution in [2.75, 3.05) is 6.54 Å². The summed E-state index contributed by atoms with van der Waals surface area (Å²) < 4.78 is 27.2. The van der Waals surface area contributed by atoms with Crippen molar-refractivity contribution in [1.82, 2.24) is 5.32 Å². The summed E-state index contributed by atoms with van der Waals surface area (Å²) in [5, 5.41) is 20.9. The van der Waals surface area contributed by atoms with Crippen LogP contribution in [-0.4, -0.2) is 23.2 Å². The molecule has 1 fully saturated rings. The molecule has 20 heavy (non-hydrogen) atoms. The average molecular weight is 280 g/mol. The van der Waals surface area contributed by atoms with E-state index >= 15 is 0 Å². The summed E-state index contributed by atoms with van der Waals surface area (Å²) in [6.07, 6.45) is 1.75. The van der Waals surface area contributed by atoms with Crippen LogP contribution in [0.5, 0.6) is 0 Å². The van der Waals surface area contributed by atoms with Gasteiger partial charge in [-0.15, -0.1) is 0 Å². The van der Waals surface area contributed by atoms with Gasteiger partial charge in [0, 0.05) is 6.54 Å². The Hall–Kier alpha value is -2.00. The zero-order chi connectivity index (χ0) is 14.9. The predicted octanol–water partition coefficient (Wildman–Crippen LogP) is 1.73. The lowest BCUT2D eigenvalue weighted by Gasteiger charge is -2.23. The summed E-state index contributed by atoms with van der Waals surface area (Å²) >= 11 is 0. The summed E-state index contributed by atoms with van der Waals surface area (Å²) in [6.45, 7) is 1.51. The first-order valence-corrected chi connectivity index (χ1v) is 6.25. The molecule has 4 nitrogen and oxygen atoms in total. The molecule has 0 heterocycles. The summed E-state index contributed by atoms with van der Waals surface area (Å²) in [6, 6.07) is 3.21. The first kappa shape index (κ1) is 14.4. The smallest absolute Gasteiger partial charge is 0.257 e. The van der Waals surface area contributed by atoms with Crippen LogP contribution in [0.1, 0.15) is 35.7 Å². The highest BCUT2D eigenvalue weighted by atomic mass is 19.1. The molecule has 0 aliphatic heterocycles. The Balaban J connectivity index is 2.12. The zero-order valence-corrected chi connectivity index (χ0v) is 10.9. The van der Waals surface area contributed by atoms with Gasteiger partial charge in [-0.3, -0.25) is 4.79 Å². The number of nitrogens with one attached hydrogen (secondary N) is 1. The van der Waals surface area contributed by atoms with Crippen molar-refractivity contribution in [1.29, 1.82) is 5.26 Å². The number of benzene rings is 1. The second kappa shape index (κ2) is 5.17. The van der Waals surface area contributed by atoms with Crippen LogP contribution in [0.3, 0.4) is 0 Å². The van der Waals surface area contributed by atoms with E-state index in [0.717, 1.165) is 25.0 Å². The molecule has 0 aromatic heterocycles. The van der Waals surface area contributed by atoms with Crippen LogP contribution in [0, 0.1) is 28.9 Å². The van der Waals surface area contributed by atoms with Crippen LogP contribution in [0.25, 0.3) is 0 Å². The molecule has 106 valence electrons. The molecule has 1 aromatic carbocycles. The Bertz CT molecular complexity index is 566. The highest BCUT2D eigenvalue weighted by Crippen LogP contribution is 2.39. The normalized spacial score (nSPS) is 17.1.